The van der Waals surface area contributed by atoms with Gasteiger partial charge in [0.2, 0.25) is 0 Å². The topological polar surface area (TPSA) is 59.1 Å². The molecule has 0 amide bonds. The minimum Gasteiger partial charge on any atom is -0.457 e. The van der Waals surface area contributed by atoms with Crippen LogP contribution in [-0.4, -0.2) is 5.84 Å². The third kappa shape index (κ3) is 2.98. The van der Waals surface area contributed by atoms with Gasteiger partial charge in [0.15, 0.2) is 0 Å². The Hall–Kier alpha value is -2.00. The normalized spacial score (nSPS) is 9.94. The molecule has 0 aliphatic carbocycles. The SMILES string of the molecule is N=C(N)c1ccc(Oc2ccc(Cl)cc2)cc1. The summed E-state index contributed by atoms with van der Waals surface area (Å²) in [6, 6.07) is 14.1. The van der Waals surface area contributed by atoms with Gasteiger partial charge in [0, 0.05) is 10.6 Å². The molecule has 2 rings (SSSR count). The molecule has 0 fully saturated rings. The first-order chi connectivity index (χ1) is 8.15. The predicted molar refractivity (Wildman–Crippen MR) is 69.0 cm³/mol. The molecule has 4 heteroatoms. The van der Waals surface area contributed by atoms with Gasteiger partial charge in [0.25, 0.3) is 0 Å². The van der Waals surface area contributed by atoms with Crippen molar-refractivity contribution in [2.45, 2.75) is 0 Å². The van der Waals surface area contributed by atoms with Crippen molar-refractivity contribution in [1.82, 2.24) is 0 Å². The van der Waals surface area contributed by atoms with E-state index in [0.717, 1.165) is 0 Å². The van der Waals surface area contributed by atoms with Crippen molar-refractivity contribution in [3.8, 4) is 11.5 Å². The minimum atomic E-state index is 0.0445. The van der Waals surface area contributed by atoms with Gasteiger partial charge in [-0.1, -0.05) is 11.6 Å². The lowest BCUT2D eigenvalue weighted by Gasteiger charge is -2.06. The number of ether oxygens (including phenoxy) is 1. The van der Waals surface area contributed by atoms with E-state index >= 15 is 0 Å². The van der Waals surface area contributed by atoms with Gasteiger partial charge in [-0.3, -0.25) is 5.41 Å². The Morgan fingerprint density at radius 1 is 0.941 bits per heavy atom. The smallest absolute Gasteiger partial charge is 0.127 e. The molecule has 17 heavy (non-hydrogen) atoms. The largest absolute Gasteiger partial charge is 0.457 e. The molecule has 2 aromatic rings. The van der Waals surface area contributed by atoms with Crippen LogP contribution in [0.5, 0.6) is 11.5 Å². The van der Waals surface area contributed by atoms with Gasteiger partial charge < -0.3 is 10.5 Å². The first-order valence-electron chi connectivity index (χ1n) is 5.03. The standard InChI is InChI=1S/C13H11ClN2O/c14-10-3-7-12(8-4-10)17-11-5-1-9(2-6-11)13(15)16/h1-8H,(H3,15,16). The summed E-state index contributed by atoms with van der Waals surface area (Å²) in [5.74, 6) is 1.45. The molecule has 0 unspecified atom stereocenters. The highest BCUT2D eigenvalue weighted by Crippen LogP contribution is 2.23. The number of halogens is 1. The van der Waals surface area contributed by atoms with E-state index in [0.29, 0.717) is 22.1 Å². The van der Waals surface area contributed by atoms with E-state index in [1.807, 2.05) is 0 Å². The fraction of sp³-hybridized carbons (Fsp3) is 0. The van der Waals surface area contributed by atoms with Crippen LogP contribution in [0.25, 0.3) is 0 Å². The maximum Gasteiger partial charge on any atom is 0.127 e. The van der Waals surface area contributed by atoms with Crippen LogP contribution in [0.4, 0.5) is 0 Å². The number of amidine groups is 1. The van der Waals surface area contributed by atoms with Gasteiger partial charge in [-0.05, 0) is 48.5 Å². The van der Waals surface area contributed by atoms with Crippen LogP contribution in [0.1, 0.15) is 5.56 Å². The van der Waals surface area contributed by atoms with Crippen LogP contribution >= 0.6 is 11.6 Å². The van der Waals surface area contributed by atoms with Crippen LogP contribution in [0.2, 0.25) is 5.02 Å². The molecular weight excluding hydrogens is 236 g/mol. The van der Waals surface area contributed by atoms with E-state index in [1.165, 1.54) is 0 Å². The third-order valence-electron chi connectivity index (χ3n) is 2.21. The molecule has 0 saturated heterocycles. The Kier molecular flexibility index (Phi) is 3.30. The average Bonchev–Trinajstić information content (AvgIpc) is 2.33. The molecule has 0 aliphatic heterocycles. The lowest BCUT2D eigenvalue weighted by molar-refractivity contribution is 0.482. The van der Waals surface area contributed by atoms with Crippen molar-refractivity contribution in [2.75, 3.05) is 0 Å². The van der Waals surface area contributed by atoms with E-state index in [1.54, 1.807) is 48.5 Å². The highest BCUT2D eigenvalue weighted by atomic mass is 35.5. The summed E-state index contributed by atoms with van der Waals surface area (Å²) in [5.41, 5.74) is 6.04. The van der Waals surface area contributed by atoms with Gasteiger partial charge >= 0.3 is 0 Å². The van der Waals surface area contributed by atoms with E-state index in [4.69, 9.17) is 27.5 Å². The Balaban J connectivity index is 2.13. The van der Waals surface area contributed by atoms with Crippen LogP contribution in [0.3, 0.4) is 0 Å². The molecule has 0 aliphatic rings. The van der Waals surface area contributed by atoms with Crippen LogP contribution < -0.4 is 10.5 Å². The van der Waals surface area contributed by atoms with Crippen molar-refractivity contribution in [3.63, 3.8) is 0 Å². The zero-order valence-corrected chi connectivity index (χ0v) is 9.74. The molecule has 0 spiro atoms. The Bertz CT molecular complexity index is 520. The number of benzene rings is 2. The van der Waals surface area contributed by atoms with Gasteiger partial charge in [-0.15, -0.1) is 0 Å². The number of nitrogen functional groups attached to an aromatic ring is 1. The van der Waals surface area contributed by atoms with Crippen molar-refractivity contribution < 1.29 is 4.74 Å². The summed E-state index contributed by atoms with van der Waals surface area (Å²) >= 11 is 5.78. The Labute approximate surface area is 104 Å². The number of hydrogen-bond donors (Lipinski definition) is 2. The highest BCUT2D eigenvalue weighted by molar-refractivity contribution is 6.30. The molecule has 0 aromatic heterocycles. The van der Waals surface area contributed by atoms with Crippen molar-refractivity contribution >= 4 is 17.4 Å². The summed E-state index contributed by atoms with van der Waals surface area (Å²) in [5, 5.41) is 7.94. The van der Waals surface area contributed by atoms with E-state index in [2.05, 4.69) is 0 Å². The predicted octanol–water partition coefficient (Wildman–Crippen LogP) is 3.42. The molecule has 3 nitrogen and oxygen atoms in total. The zero-order valence-electron chi connectivity index (χ0n) is 8.98. The second-order valence-electron chi connectivity index (χ2n) is 3.49. The molecule has 2 aromatic carbocycles. The van der Waals surface area contributed by atoms with Crippen molar-refractivity contribution in [2.24, 2.45) is 5.73 Å². The maximum absolute atomic E-state index is 7.27. The summed E-state index contributed by atoms with van der Waals surface area (Å²) in [7, 11) is 0. The highest BCUT2D eigenvalue weighted by Gasteiger charge is 1.99. The van der Waals surface area contributed by atoms with Gasteiger partial charge in [-0.25, -0.2) is 0 Å². The maximum atomic E-state index is 7.27. The number of nitrogens with one attached hydrogen (secondary N) is 1. The van der Waals surface area contributed by atoms with Gasteiger partial charge in [-0.2, -0.15) is 0 Å². The van der Waals surface area contributed by atoms with Crippen LogP contribution in [0, 0.1) is 5.41 Å². The molecule has 86 valence electrons. The molecule has 0 saturated carbocycles. The molecular formula is C13H11ClN2O. The van der Waals surface area contributed by atoms with E-state index < -0.39 is 0 Å². The second kappa shape index (κ2) is 4.89. The van der Waals surface area contributed by atoms with Crippen LogP contribution in [0.15, 0.2) is 48.5 Å². The molecule has 0 atom stereocenters. The third-order valence-corrected chi connectivity index (χ3v) is 2.47. The summed E-state index contributed by atoms with van der Waals surface area (Å²) < 4.78 is 5.60. The fourth-order valence-corrected chi connectivity index (χ4v) is 1.47. The van der Waals surface area contributed by atoms with Crippen molar-refractivity contribution in [3.05, 3.63) is 59.1 Å². The zero-order chi connectivity index (χ0) is 12.3. The Morgan fingerprint density at radius 2 is 1.41 bits per heavy atom. The average molecular weight is 247 g/mol. The van der Waals surface area contributed by atoms with Gasteiger partial charge in [0.1, 0.15) is 17.3 Å². The summed E-state index contributed by atoms with van der Waals surface area (Å²) in [6.45, 7) is 0. The first-order valence-corrected chi connectivity index (χ1v) is 5.41. The minimum absolute atomic E-state index is 0.0445. The van der Waals surface area contributed by atoms with Crippen molar-refractivity contribution in [1.29, 1.82) is 5.41 Å². The molecule has 0 bridgehead atoms. The molecule has 0 radical (unpaired) electrons. The molecule has 0 heterocycles. The van der Waals surface area contributed by atoms with Gasteiger partial charge in [0.05, 0.1) is 0 Å². The van der Waals surface area contributed by atoms with E-state index in [9.17, 15) is 0 Å². The summed E-state index contributed by atoms with van der Waals surface area (Å²) in [4.78, 5) is 0. The number of hydrogen-bond acceptors (Lipinski definition) is 2. The monoisotopic (exact) mass is 246 g/mol. The quantitative estimate of drug-likeness (QED) is 0.644. The summed E-state index contributed by atoms with van der Waals surface area (Å²) in [6.07, 6.45) is 0. The number of rotatable bonds is 3. The van der Waals surface area contributed by atoms with Crippen LogP contribution in [-0.2, 0) is 0 Å². The second-order valence-corrected chi connectivity index (χ2v) is 3.93. The lowest BCUT2D eigenvalue weighted by atomic mass is 10.2. The van der Waals surface area contributed by atoms with E-state index in [-0.39, 0.29) is 5.84 Å². The first kappa shape index (κ1) is 11.5. The fourth-order valence-electron chi connectivity index (χ4n) is 1.34. The number of nitrogens with two attached hydrogens (primary N) is 1. The lowest BCUT2D eigenvalue weighted by Crippen LogP contribution is -2.10. The molecule has 3 N–H and O–H groups in total. The Morgan fingerprint density at radius 3 is 1.88 bits per heavy atom.